The van der Waals surface area contributed by atoms with E-state index in [2.05, 4.69) is 44.1 Å². The number of benzene rings is 1. The minimum Gasteiger partial charge on any atom is -0.506 e. The average molecular weight is 391 g/mol. The summed E-state index contributed by atoms with van der Waals surface area (Å²) in [4.78, 5) is 0. The number of rotatable bonds is 4. The monoisotopic (exact) mass is 389 g/mol. The maximum absolute atomic E-state index is 9.68. The Labute approximate surface area is 132 Å². The van der Waals surface area contributed by atoms with Crippen molar-refractivity contribution in [2.45, 2.75) is 39.2 Å². The summed E-state index contributed by atoms with van der Waals surface area (Å²) in [5.41, 5.74) is 1.18. The Hall–Kier alpha value is -0.0600. The molecule has 0 aromatic heterocycles. The number of aromatic hydroxyl groups is 1. The van der Waals surface area contributed by atoms with Gasteiger partial charge >= 0.3 is 0 Å². The van der Waals surface area contributed by atoms with E-state index in [1.807, 2.05) is 12.1 Å². The lowest BCUT2D eigenvalue weighted by atomic mass is 9.80. The summed E-state index contributed by atoms with van der Waals surface area (Å²) in [6.45, 7) is 4.32. The number of hydrogen-bond donors (Lipinski definition) is 2. The van der Waals surface area contributed by atoms with E-state index < -0.39 is 0 Å². The van der Waals surface area contributed by atoms with Gasteiger partial charge in [0.15, 0.2) is 0 Å². The predicted octanol–water partition coefficient (Wildman–Crippen LogP) is 4.83. The third kappa shape index (κ3) is 4.20. The van der Waals surface area contributed by atoms with E-state index in [9.17, 15) is 5.11 Å². The largest absolute Gasteiger partial charge is 0.506 e. The fourth-order valence-corrected chi connectivity index (χ4v) is 4.10. The van der Waals surface area contributed by atoms with Gasteiger partial charge in [0.25, 0.3) is 0 Å². The molecule has 2 atom stereocenters. The lowest BCUT2D eigenvalue weighted by molar-refractivity contribution is 0.247. The molecule has 1 aromatic rings. The van der Waals surface area contributed by atoms with Gasteiger partial charge in [0.2, 0.25) is 0 Å². The smallest absolute Gasteiger partial charge is 0.143 e. The summed E-state index contributed by atoms with van der Waals surface area (Å²) in [6, 6.07) is 3.94. The molecule has 19 heavy (non-hydrogen) atoms. The highest BCUT2D eigenvalue weighted by atomic mass is 79.9. The van der Waals surface area contributed by atoms with Crippen molar-refractivity contribution in [3.8, 4) is 5.75 Å². The molecule has 0 radical (unpaired) electrons. The summed E-state index contributed by atoms with van der Waals surface area (Å²) < 4.78 is 1.48. The highest BCUT2D eigenvalue weighted by molar-refractivity contribution is 9.11. The number of phenols is 1. The Bertz CT molecular complexity index is 413. The lowest BCUT2D eigenvalue weighted by Gasteiger charge is -2.28. The summed E-state index contributed by atoms with van der Waals surface area (Å²) >= 11 is 6.73. The predicted molar refractivity (Wildman–Crippen MR) is 86.3 cm³/mol. The van der Waals surface area contributed by atoms with Gasteiger partial charge in [-0.2, -0.15) is 0 Å². The van der Waals surface area contributed by atoms with Crippen molar-refractivity contribution in [1.82, 2.24) is 5.32 Å². The summed E-state index contributed by atoms with van der Waals surface area (Å²) in [5, 5.41) is 13.2. The first kappa shape index (κ1) is 15.3. The molecule has 0 heterocycles. The minimum absolute atomic E-state index is 0.268. The maximum Gasteiger partial charge on any atom is 0.143 e. The first-order valence-electron chi connectivity index (χ1n) is 6.95. The second kappa shape index (κ2) is 7.09. The van der Waals surface area contributed by atoms with E-state index in [0.29, 0.717) is 0 Å². The molecule has 1 fully saturated rings. The first-order chi connectivity index (χ1) is 9.08. The topological polar surface area (TPSA) is 32.3 Å². The van der Waals surface area contributed by atoms with Gasteiger partial charge in [0, 0.05) is 6.54 Å². The molecule has 1 aliphatic carbocycles. The summed E-state index contributed by atoms with van der Waals surface area (Å²) in [5.74, 6) is 1.93. The molecule has 0 spiro atoms. The van der Waals surface area contributed by atoms with Gasteiger partial charge in [0.1, 0.15) is 5.75 Å². The van der Waals surface area contributed by atoms with Crippen LogP contribution in [0.2, 0.25) is 0 Å². The van der Waals surface area contributed by atoms with Crippen molar-refractivity contribution in [2.24, 2.45) is 11.8 Å². The molecule has 0 aliphatic heterocycles. The molecule has 1 saturated carbocycles. The van der Waals surface area contributed by atoms with Gasteiger partial charge < -0.3 is 10.4 Å². The third-order valence-electron chi connectivity index (χ3n) is 4.10. The van der Waals surface area contributed by atoms with E-state index in [0.717, 1.165) is 33.9 Å². The Balaban J connectivity index is 1.85. The summed E-state index contributed by atoms with van der Waals surface area (Å²) in [6.07, 6.45) is 5.52. The van der Waals surface area contributed by atoms with Crippen LogP contribution in [0.15, 0.2) is 21.1 Å². The van der Waals surface area contributed by atoms with Crippen molar-refractivity contribution in [1.29, 1.82) is 0 Å². The molecule has 2 N–H and O–H groups in total. The molecule has 1 aliphatic rings. The zero-order valence-electron chi connectivity index (χ0n) is 11.3. The highest BCUT2D eigenvalue weighted by Crippen LogP contribution is 2.33. The number of hydrogen-bond acceptors (Lipinski definition) is 2. The molecule has 2 rings (SSSR count). The second-order valence-corrected chi connectivity index (χ2v) is 7.27. The van der Waals surface area contributed by atoms with Crippen molar-refractivity contribution in [3.05, 3.63) is 26.6 Å². The van der Waals surface area contributed by atoms with Crippen LogP contribution >= 0.6 is 31.9 Å². The Morgan fingerprint density at radius 3 is 2.47 bits per heavy atom. The van der Waals surface area contributed by atoms with Crippen LogP contribution in [-0.2, 0) is 6.54 Å². The lowest BCUT2D eigenvalue weighted by Crippen LogP contribution is -2.29. The molecule has 0 amide bonds. The molecule has 106 valence electrons. The molecule has 4 heteroatoms. The van der Waals surface area contributed by atoms with Crippen LogP contribution in [0.25, 0.3) is 0 Å². The minimum atomic E-state index is 0.268. The average Bonchev–Trinajstić information content (AvgIpc) is 2.38. The van der Waals surface area contributed by atoms with Gasteiger partial charge in [-0.05, 0) is 74.4 Å². The van der Waals surface area contributed by atoms with Gasteiger partial charge in [-0.1, -0.05) is 26.2 Å². The Kier molecular flexibility index (Phi) is 5.72. The van der Waals surface area contributed by atoms with Crippen LogP contribution in [0, 0.1) is 11.8 Å². The zero-order chi connectivity index (χ0) is 13.8. The van der Waals surface area contributed by atoms with Crippen LogP contribution < -0.4 is 5.32 Å². The van der Waals surface area contributed by atoms with Crippen molar-refractivity contribution < 1.29 is 5.11 Å². The SMILES string of the molecule is CC1CCCCC1CNCc1cc(Br)c(O)c(Br)c1. The third-order valence-corrected chi connectivity index (χ3v) is 5.31. The number of nitrogens with one attached hydrogen (secondary N) is 1. The van der Waals surface area contributed by atoms with Gasteiger partial charge in [-0.25, -0.2) is 0 Å². The number of phenolic OH excluding ortho intramolecular Hbond substituents is 1. The standard InChI is InChI=1S/C15H21Br2NO/c1-10-4-2-3-5-12(10)9-18-8-11-6-13(16)15(19)14(17)7-11/h6-7,10,12,18-19H,2-5,8-9H2,1H3. The number of halogens is 2. The normalized spacial score (nSPS) is 23.5. The quantitative estimate of drug-likeness (QED) is 0.771. The molecular formula is C15H21Br2NO. The van der Waals surface area contributed by atoms with E-state index in [1.165, 1.54) is 31.2 Å². The van der Waals surface area contributed by atoms with E-state index in [-0.39, 0.29) is 5.75 Å². The van der Waals surface area contributed by atoms with E-state index in [4.69, 9.17) is 0 Å². The van der Waals surface area contributed by atoms with Crippen LogP contribution in [0.1, 0.15) is 38.2 Å². The Morgan fingerprint density at radius 2 is 1.84 bits per heavy atom. The zero-order valence-corrected chi connectivity index (χ0v) is 14.4. The van der Waals surface area contributed by atoms with Crippen LogP contribution in [-0.4, -0.2) is 11.7 Å². The molecule has 1 aromatic carbocycles. The maximum atomic E-state index is 9.68. The van der Waals surface area contributed by atoms with Gasteiger partial charge in [-0.3, -0.25) is 0 Å². The molecule has 2 unspecified atom stereocenters. The Morgan fingerprint density at radius 1 is 1.21 bits per heavy atom. The highest BCUT2D eigenvalue weighted by Gasteiger charge is 2.20. The van der Waals surface area contributed by atoms with Crippen LogP contribution in [0.5, 0.6) is 5.75 Å². The van der Waals surface area contributed by atoms with Gasteiger partial charge in [0.05, 0.1) is 8.95 Å². The fraction of sp³-hybridized carbons (Fsp3) is 0.600. The fourth-order valence-electron chi connectivity index (χ4n) is 2.82. The van der Waals surface area contributed by atoms with Crippen LogP contribution in [0.3, 0.4) is 0 Å². The molecule has 2 nitrogen and oxygen atoms in total. The van der Waals surface area contributed by atoms with Gasteiger partial charge in [-0.15, -0.1) is 0 Å². The van der Waals surface area contributed by atoms with E-state index in [1.54, 1.807) is 0 Å². The molecular weight excluding hydrogens is 370 g/mol. The summed E-state index contributed by atoms with van der Waals surface area (Å²) in [7, 11) is 0. The molecule has 0 bridgehead atoms. The van der Waals surface area contributed by atoms with Crippen LogP contribution in [0.4, 0.5) is 0 Å². The molecule has 0 saturated heterocycles. The van der Waals surface area contributed by atoms with Crippen molar-refractivity contribution >= 4 is 31.9 Å². The first-order valence-corrected chi connectivity index (χ1v) is 8.54. The van der Waals surface area contributed by atoms with E-state index >= 15 is 0 Å². The van der Waals surface area contributed by atoms with Crippen molar-refractivity contribution in [3.63, 3.8) is 0 Å². The van der Waals surface area contributed by atoms with Crippen molar-refractivity contribution in [2.75, 3.05) is 6.54 Å². The second-order valence-electron chi connectivity index (χ2n) is 5.56.